The maximum Gasteiger partial charge on any atom is 0.243 e. The van der Waals surface area contributed by atoms with Crippen LogP contribution >= 0.6 is 0 Å². The first kappa shape index (κ1) is 18.5. The van der Waals surface area contributed by atoms with Gasteiger partial charge in [-0.05, 0) is 31.2 Å². The largest absolute Gasteiger partial charge is 0.493 e. The van der Waals surface area contributed by atoms with E-state index in [2.05, 4.69) is 4.98 Å². The number of benzene rings is 3. The van der Waals surface area contributed by atoms with Crippen molar-refractivity contribution in [1.29, 1.82) is 0 Å². The highest BCUT2D eigenvalue weighted by Crippen LogP contribution is 2.32. The van der Waals surface area contributed by atoms with Crippen LogP contribution in [0.4, 0.5) is 0 Å². The molecule has 1 heterocycles. The highest BCUT2D eigenvalue weighted by atomic mass is 32.2. The molecular formula is C21H20N2O4S. The van der Waals surface area contributed by atoms with Crippen LogP contribution in [0, 0.1) is 0 Å². The van der Waals surface area contributed by atoms with E-state index in [-0.39, 0.29) is 11.4 Å². The van der Waals surface area contributed by atoms with Crippen LogP contribution in [0.15, 0.2) is 70.0 Å². The Hall–Kier alpha value is -2.90. The van der Waals surface area contributed by atoms with Crippen molar-refractivity contribution in [3.63, 3.8) is 0 Å². The number of para-hydroxylation sites is 2. The zero-order valence-electron chi connectivity index (χ0n) is 15.6. The first-order chi connectivity index (χ1) is 13.5. The van der Waals surface area contributed by atoms with E-state index in [4.69, 9.17) is 9.15 Å². The van der Waals surface area contributed by atoms with Gasteiger partial charge in [-0.15, -0.1) is 0 Å². The number of aromatic nitrogens is 1. The molecule has 7 heteroatoms. The van der Waals surface area contributed by atoms with Gasteiger partial charge in [0.1, 0.15) is 11.3 Å². The number of ether oxygens (including phenoxy) is 1. The predicted octanol–water partition coefficient (Wildman–Crippen LogP) is 4.20. The molecule has 3 aromatic carbocycles. The predicted molar refractivity (Wildman–Crippen MR) is 108 cm³/mol. The zero-order valence-corrected chi connectivity index (χ0v) is 16.4. The summed E-state index contributed by atoms with van der Waals surface area (Å²) < 4.78 is 39.1. The molecule has 0 aliphatic carbocycles. The summed E-state index contributed by atoms with van der Waals surface area (Å²) in [7, 11) is -2.23. The monoisotopic (exact) mass is 396 g/mol. The molecule has 0 saturated heterocycles. The van der Waals surface area contributed by atoms with E-state index in [0.29, 0.717) is 34.7 Å². The molecule has 144 valence electrons. The van der Waals surface area contributed by atoms with Crippen molar-refractivity contribution in [1.82, 2.24) is 9.29 Å². The Kier molecular flexibility index (Phi) is 4.78. The average molecular weight is 396 g/mol. The first-order valence-corrected chi connectivity index (χ1v) is 10.4. The molecule has 0 fully saturated rings. The third-order valence-electron chi connectivity index (χ3n) is 4.53. The Morgan fingerprint density at radius 3 is 2.46 bits per heavy atom. The summed E-state index contributed by atoms with van der Waals surface area (Å²) in [6.45, 7) is 2.44. The lowest BCUT2D eigenvalue weighted by Gasteiger charge is -2.18. The smallest absolute Gasteiger partial charge is 0.243 e. The molecule has 28 heavy (non-hydrogen) atoms. The van der Waals surface area contributed by atoms with Gasteiger partial charge in [-0.2, -0.15) is 4.31 Å². The second-order valence-corrected chi connectivity index (χ2v) is 8.39. The second kappa shape index (κ2) is 7.26. The third-order valence-corrected chi connectivity index (χ3v) is 6.39. The van der Waals surface area contributed by atoms with Crippen molar-refractivity contribution in [2.45, 2.75) is 18.4 Å². The number of rotatable bonds is 6. The summed E-state index contributed by atoms with van der Waals surface area (Å²) in [6.07, 6.45) is 0. The average Bonchev–Trinajstić information content (AvgIpc) is 3.10. The van der Waals surface area contributed by atoms with Crippen LogP contribution in [0.3, 0.4) is 0 Å². The van der Waals surface area contributed by atoms with Gasteiger partial charge in [0.05, 0.1) is 18.0 Å². The van der Waals surface area contributed by atoms with Crippen molar-refractivity contribution in [3.8, 4) is 5.75 Å². The van der Waals surface area contributed by atoms with Crippen molar-refractivity contribution < 1.29 is 17.6 Å². The van der Waals surface area contributed by atoms with Crippen molar-refractivity contribution in [2.24, 2.45) is 0 Å². The van der Waals surface area contributed by atoms with Gasteiger partial charge in [-0.3, -0.25) is 0 Å². The Morgan fingerprint density at radius 2 is 1.71 bits per heavy atom. The molecule has 0 bridgehead atoms. The molecule has 0 N–H and O–H groups in total. The first-order valence-electron chi connectivity index (χ1n) is 8.96. The zero-order chi connectivity index (χ0) is 19.7. The summed E-state index contributed by atoms with van der Waals surface area (Å²) in [5, 5.41) is 1.39. The van der Waals surface area contributed by atoms with Gasteiger partial charge in [0.25, 0.3) is 0 Å². The van der Waals surface area contributed by atoms with Crippen molar-refractivity contribution >= 4 is 31.9 Å². The molecule has 6 nitrogen and oxygen atoms in total. The number of hydrogen-bond acceptors (Lipinski definition) is 5. The second-order valence-electron chi connectivity index (χ2n) is 6.38. The van der Waals surface area contributed by atoms with Gasteiger partial charge >= 0.3 is 0 Å². The standard InChI is InChI=1S/C21H20N2O4S/c1-3-26-18-12-13-20(16-9-5-4-8-15(16)18)28(24,25)23(2)14-21-22-17-10-6-7-11-19(17)27-21/h4-13H,3,14H2,1-2H3. The summed E-state index contributed by atoms with van der Waals surface area (Å²) >= 11 is 0. The van der Waals surface area contributed by atoms with E-state index in [1.807, 2.05) is 43.3 Å². The van der Waals surface area contributed by atoms with E-state index >= 15 is 0 Å². The molecule has 0 spiro atoms. The van der Waals surface area contributed by atoms with E-state index in [0.717, 1.165) is 5.39 Å². The maximum absolute atomic E-state index is 13.3. The summed E-state index contributed by atoms with van der Waals surface area (Å²) in [5.41, 5.74) is 1.34. The molecule has 0 atom stereocenters. The topological polar surface area (TPSA) is 72.6 Å². The van der Waals surface area contributed by atoms with Crippen LogP contribution in [-0.4, -0.2) is 31.4 Å². The maximum atomic E-state index is 13.3. The number of nitrogens with zero attached hydrogens (tertiary/aromatic N) is 2. The number of sulfonamides is 1. The number of oxazole rings is 1. The van der Waals surface area contributed by atoms with Crippen LogP contribution < -0.4 is 4.74 Å². The molecule has 4 rings (SSSR count). The molecule has 1 aromatic heterocycles. The number of fused-ring (bicyclic) bond motifs is 2. The summed E-state index contributed by atoms with van der Waals surface area (Å²) in [6, 6.07) is 18.0. The summed E-state index contributed by atoms with van der Waals surface area (Å²) in [5.74, 6) is 1.01. The lowest BCUT2D eigenvalue weighted by Crippen LogP contribution is -2.26. The Labute approximate surface area is 163 Å². The van der Waals surface area contributed by atoms with Gasteiger partial charge in [0.15, 0.2) is 5.58 Å². The molecular weight excluding hydrogens is 376 g/mol. The molecule has 0 aliphatic rings. The molecule has 0 aliphatic heterocycles. The lowest BCUT2D eigenvalue weighted by molar-refractivity contribution is 0.344. The highest BCUT2D eigenvalue weighted by Gasteiger charge is 2.25. The highest BCUT2D eigenvalue weighted by molar-refractivity contribution is 7.89. The quantitative estimate of drug-likeness (QED) is 0.488. The van der Waals surface area contributed by atoms with Gasteiger partial charge in [-0.25, -0.2) is 13.4 Å². The van der Waals surface area contributed by atoms with Crippen LogP contribution in [0.1, 0.15) is 12.8 Å². The van der Waals surface area contributed by atoms with E-state index in [1.54, 1.807) is 24.3 Å². The van der Waals surface area contributed by atoms with E-state index in [9.17, 15) is 8.42 Å². The van der Waals surface area contributed by atoms with Crippen LogP contribution in [-0.2, 0) is 16.6 Å². The molecule has 0 radical (unpaired) electrons. The van der Waals surface area contributed by atoms with Crippen molar-refractivity contribution in [2.75, 3.05) is 13.7 Å². The van der Waals surface area contributed by atoms with Crippen LogP contribution in [0.2, 0.25) is 0 Å². The fraction of sp³-hybridized carbons (Fsp3) is 0.190. The SMILES string of the molecule is CCOc1ccc(S(=O)(=O)N(C)Cc2nc3ccccc3o2)c2ccccc12. The Balaban J connectivity index is 1.72. The minimum atomic E-state index is -3.76. The van der Waals surface area contributed by atoms with Gasteiger partial charge in [0, 0.05) is 17.8 Å². The minimum Gasteiger partial charge on any atom is -0.493 e. The van der Waals surface area contributed by atoms with Crippen LogP contribution in [0.5, 0.6) is 5.75 Å². The van der Waals surface area contributed by atoms with E-state index in [1.165, 1.54) is 11.4 Å². The fourth-order valence-corrected chi connectivity index (χ4v) is 4.49. The molecule has 0 unspecified atom stereocenters. The van der Waals surface area contributed by atoms with Crippen LogP contribution in [0.25, 0.3) is 21.9 Å². The van der Waals surface area contributed by atoms with Gasteiger partial charge in [-0.1, -0.05) is 36.4 Å². The lowest BCUT2D eigenvalue weighted by atomic mass is 10.1. The minimum absolute atomic E-state index is 0.0402. The Morgan fingerprint density at radius 1 is 1.00 bits per heavy atom. The van der Waals surface area contributed by atoms with Gasteiger partial charge < -0.3 is 9.15 Å². The van der Waals surface area contributed by atoms with Crippen molar-refractivity contribution in [3.05, 3.63) is 66.6 Å². The van der Waals surface area contributed by atoms with Gasteiger partial charge in [0.2, 0.25) is 15.9 Å². The van der Waals surface area contributed by atoms with E-state index < -0.39 is 10.0 Å². The fourth-order valence-electron chi connectivity index (χ4n) is 3.18. The molecule has 0 saturated carbocycles. The molecule has 0 amide bonds. The third kappa shape index (κ3) is 3.23. The number of hydrogen-bond donors (Lipinski definition) is 0. The molecule has 4 aromatic rings. The Bertz CT molecular complexity index is 1210. The normalized spacial score (nSPS) is 12.1. The summed E-state index contributed by atoms with van der Waals surface area (Å²) in [4.78, 5) is 4.59.